The van der Waals surface area contributed by atoms with Crippen molar-refractivity contribution < 1.29 is 9.53 Å². The third kappa shape index (κ3) is 6.23. The summed E-state index contributed by atoms with van der Waals surface area (Å²) in [5.74, 6) is 2.23. The predicted molar refractivity (Wildman–Crippen MR) is 142 cm³/mol. The van der Waals surface area contributed by atoms with Gasteiger partial charge in [-0.1, -0.05) is 61.8 Å². The number of aromatic nitrogens is 2. The first-order valence-electron chi connectivity index (χ1n) is 12.3. The molecule has 0 aliphatic rings. The molecule has 4 aromatic rings. The molecule has 4 rings (SSSR count). The van der Waals surface area contributed by atoms with Crippen LogP contribution in [0, 0.1) is 0 Å². The lowest BCUT2D eigenvalue weighted by molar-refractivity contribution is 0.0954. The Hall–Kier alpha value is -3.31. The molecule has 1 atom stereocenters. The van der Waals surface area contributed by atoms with E-state index < -0.39 is 0 Å². The van der Waals surface area contributed by atoms with Crippen molar-refractivity contribution in [1.29, 1.82) is 0 Å². The monoisotopic (exact) mass is 489 g/mol. The van der Waals surface area contributed by atoms with Gasteiger partial charge in [0.1, 0.15) is 11.6 Å². The highest BCUT2D eigenvalue weighted by Gasteiger charge is 2.13. The van der Waals surface area contributed by atoms with Crippen molar-refractivity contribution in [2.45, 2.75) is 45.6 Å². The molecule has 0 spiro atoms. The number of rotatable bonds is 11. The molecule has 1 amide bonds. The molecule has 0 aliphatic heterocycles. The summed E-state index contributed by atoms with van der Waals surface area (Å²) < 4.78 is 8.22. The summed E-state index contributed by atoms with van der Waals surface area (Å²) in [6.07, 6.45) is 2.61. The molecular weight excluding hydrogens is 458 g/mol. The maximum Gasteiger partial charge on any atom is 0.252 e. The van der Waals surface area contributed by atoms with Crippen molar-refractivity contribution in [3.8, 4) is 5.75 Å². The van der Waals surface area contributed by atoms with E-state index in [0.29, 0.717) is 36.1 Å². The maximum absolute atomic E-state index is 12.5. The van der Waals surface area contributed by atoms with Gasteiger partial charge in [-0.3, -0.25) is 4.79 Å². The molecule has 1 N–H and O–H groups in total. The molecule has 0 radical (unpaired) electrons. The van der Waals surface area contributed by atoms with E-state index in [2.05, 4.69) is 54.1 Å². The van der Waals surface area contributed by atoms with Crippen LogP contribution in [-0.2, 0) is 13.0 Å². The van der Waals surface area contributed by atoms with Gasteiger partial charge >= 0.3 is 0 Å². The fourth-order valence-corrected chi connectivity index (χ4v) is 4.36. The van der Waals surface area contributed by atoms with Crippen molar-refractivity contribution in [2.75, 3.05) is 13.2 Å². The van der Waals surface area contributed by atoms with Gasteiger partial charge in [0.25, 0.3) is 5.91 Å². The Morgan fingerprint density at radius 2 is 1.80 bits per heavy atom. The standard InChI is InChI=1S/C29H32ClN3O2/c1-3-21(2)22-13-15-23(16-14-22)35-20-8-19-33-27-12-7-6-11-26(27)32-28(33)17-18-31-29(34)24-9-4-5-10-25(24)30/h4-7,9-16,21H,3,8,17-20H2,1-2H3,(H,31,34). The number of carbonyl (C=O) groups is 1. The van der Waals surface area contributed by atoms with E-state index in [1.54, 1.807) is 12.1 Å². The molecule has 1 aromatic heterocycles. The molecule has 1 heterocycles. The van der Waals surface area contributed by atoms with E-state index in [1.807, 2.05) is 30.3 Å². The smallest absolute Gasteiger partial charge is 0.252 e. The third-order valence-corrected chi connectivity index (χ3v) is 6.67. The lowest BCUT2D eigenvalue weighted by atomic mass is 9.99. The number of hydrogen-bond donors (Lipinski definition) is 1. The number of amides is 1. The number of hydrogen-bond acceptors (Lipinski definition) is 3. The van der Waals surface area contributed by atoms with Crippen LogP contribution in [0.5, 0.6) is 5.75 Å². The number of nitrogens with zero attached hydrogens (tertiary/aromatic N) is 2. The largest absolute Gasteiger partial charge is 0.494 e. The minimum absolute atomic E-state index is 0.175. The highest BCUT2D eigenvalue weighted by atomic mass is 35.5. The maximum atomic E-state index is 12.5. The number of halogens is 1. The number of carbonyl (C=O) groups excluding carboxylic acids is 1. The number of fused-ring (bicyclic) bond motifs is 1. The Morgan fingerprint density at radius 1 is 1.06 bits per heavy atom. The van der Waals surface area contributed by atoms with E-state index >= 15 is 0 Å². The summed E-state index contributed by atoms with van der Waals surface area (Å²) in [4.78, 5) is 17.3. The predicted octanol–water partition coefficient (Wildman–Crippen LogP) is 6.64. The molecule has 5 nitrogen and oxygen atoms in total. The minimum atomic E-state index is -0.175. The fraction of sp³-hybridized carbons (Fsp3) is 0.310. The number of ether oxygens (including phenoxy) is 1. The summed E-state index contributed by atoms with van der Waals surface area (Å²) in [6.45, 7) is 6.34. The van der Waals surface area contributed by atoms with Crippen LogP contribution in [0.4, 0.5) is 0 Å². The average Bonchev–Trinajstić information content (AvgIpc) is 3.24. The zero-order chi connectivity index (χ0) is 24.6. The van der Waals surface area contributed by atoms with Crippen molar-refractivity contribution in [3.63, 3.8) is 0 Å². The van der Waals surface area contributed by atoms with Crippen LogP contribution < -0.4 is 10.1 Å². The topological polar surface area (TPSA) is 56.1 Å². The van der Waals surface area contributed by atoms with Crippen LogP contribution in [-0.4, -0.2) is 28.6 Å². The zero-order valence-corrected chi connectivity index (χ0v) is 21.1. The molecule has 0 bridgehead atoms. The number of benzene rings is 3. The van der Waals surface area contributed by atoms with Gasteiger partial charge in [-0.15, -0.1) is 0 Å². The summed E-state index contributed by atoms with van der Waals surface area (Å²) in [6, 6.07) is 23.6. The van der Waals surface area contributed by atoms with E-state index in [1.165, 1.54) is 5.56 Å². The molecule has 0 saturated carbocycles. The van der Waals surface area contributed by atoms with Crippen molar-refractivity contribution in [1.82, 2.24) is 14.9 Å². The minimum Gasteiger partial charge on any atom is -0.494 e. The SMILES string of the molecule is CCC(C)c1ccc(OCCCn2c(CCNC(=O)c3ccccc3Cl)nc3ccccc32)cc1. The number of aryl methyl sites for hydroxylation is 1. The van der Waals surface area contributed by atoms with Gasteiger partial charge in [0.15, 0.2) is 0 Å². The summed E-state index contributed by atoms with van der Waals surface area (Å²) in [7, 11) is 0. The van der Waals surface area contributed by atoms with Gasteiger partial charge in [0.2, 0.25) is 0 Å². The van der Waals surface area contributed by atoms with Gasteiger partial charge in [-0.25, -0.2) is 4.98 Å². The van der Waals surface area contributed by atoms with Gasteiger partial charge < -0.3 is 14.6 Å². The van der Waals surface area contributed by atoms with Crippen molar-refractivity contribution in [2.24, 2.45) is 0 Å². The first kappa shape index (κ1) is 24.8. The van der Waals surface area contributed by atoms with Gasteiger partial charge in [0.05, 0.1) is 28.2 Å². The Morgan fingerprint density at radius 3 is 2.57 bits per heavy atom. The Balaban J connectivity index is 1.35. The number of para-hydroxylation sites is 2. The third-order valence-electron chi connectivity index (χ3n) is 6.34. The molecule has 6 heteroatoms. The van der Waals surface area contributed by atoms with Gasteiger partial charge in [-0.05, 0) is 60.7 Å². The van der Waals surface area contributed by atoms with Crippen molar-refractivity contribution >= 4 is 28.5 Å². The summed E-state index contributed by atoms with van der Waals surface area (Å²) >= 11 is 6.15. The number of imidazole rings is 1. The number of nitrogens with one attached hydrogen (secondary N) is 1. The molecule has 182 valence electrons. The second-order valence-electron chi connectivity index (χ2n) is 8.73. The van der Waals surface area contributed by atoms with Crippen LogP contribution in [0.25, 0.3) is 11.0 Å². The van der Waals surface area contributed by atoms with E-state index in [-0.39, 0.29) is 5.91 Å². The van der Waals surface area contributed by atoms with E-state index in [4.69, 9.17) is 21.3 Å². The van der Waals surface area contributed by atoms with Gasteiger partial charge in [-0.2, -0.15) is 0 Å². The molecule has 3 aromatic carbocycles. The van der Waals surface area contributed by atoms with Crippen LogP contribution >= 0.6 is 11.6 Å². The van der Waals surface area contributed by atoms with E-state index in [0.717, 1.165) is 42.0 Å². The molecule has 35 heavy (non-hydrogen) atoms. The second-order valence-corrected chi connectivity index (χ2v) is 9.14. The van der Waals surface area contributed by atoms with Crippen molar-refractivity contribution in [3.05, 3.63) is 94.8 Å². The van der Waals surface area contributed by atoms with Crippen LogP contribution in [0.15, 0.2) is 72.8 Å². The highest BCUT2D eigenvalue weighted by Crippen LogP contribution is 2.22. The van der Waals surface area contributed by atoms with Crippen LogP contribution in [0.1, 0.15) is 54.4 Å². The Labute approximate surface area is 212 Å². The normalized spacial score (nSPS) is 12.0. The van der Waals surface area contributed by atoms with Crippen LogP contribution in [0.2, 0.25) is 5.02 Å². The van der Waals surface area contributed by atoms with Crippen LogP contribution in [0.3, 0.4) is 0 Å². The Bertz CT molecular complexity index is 1270. The van der Waals surface area contributed by atoms with Gasteiger partial charge in [0, 0.05) is 19.5 Å². The quantitative estimate of drug-likeness (QED) is 0.240. The molecule has 0 fully saturated rings. The zero-order valence-electron chi connectivity index (χ0n) is 20.3. The first-order chi connectivity index (χ1) is 17.1. The average molecular weight is 490 g/mol. The van der Waals surface area contributed by atoms with E-state index in [9.17, 15) is 4.79 Å². The molecule has 1 unspecified atom stereocenters. The second kappa shape index (κ2) is 11.9. The lowest BCUT2D eigenvalue weighted by Crippen LogP contribution is -2.26. The first-order valence-corrected chi connectivity index (χ1v) is 12.6. The lowest BCUT2D eigenvalue weighted by Gasteiger charge is -2.12. The molecule has 0 saturated heterocycles. The summed E-state index contributed by atoms with van der Waals surface area (Å²) in [5.41, 5.74) is 3.88. The molecule has 0 aliphatic carbocycles. The molecular formula is C29H32ClN3O2. The summed E-state index contributed by atoms with van der Waals surface area (Å²) in [5, 5.41) is 3.41. The Kier molecular flexibility index (Phi) is 8.43. The highest BCUT2D eigenvalue weighted by molar-refractivity contribution is 6.33. The fourth-order valence-electron chi connectivity index (χ4n) is 4.14.